The maximum absolute atomic E-state index is 13.6. The molecule has 1 amide bonds. The molecule has 0 bridgehead atoms. The fourth-order valence-electron chi connectivity index (χ4n) is 4.22. The smallest absolute Gasteiger partial charge is 0.237 e. The highest BCUT2D eigenvalue weighted by Crippen LogP contribution is 2.31. The van der Waals surface area contributed by atoms with Crippen molar-refractivity contribution < 1.29 is 18.7 Å². The number of benzene rings is 1. The third-order valence-corrected chi connectivity index (χ3v) is 5.82. The van der Waals surface area contributed by atoms with Gasteiger partial charge in [-0.3, -0.25) is 14.7 Å². The molecule has 8 heteroatoms. The summed E-state index contributed by atoms with van der Waals surface area (Å²) in [4.78, 5) is 20.4. The van der Waals surface area contributed by atoms with Gasteiger partial charge in [0, 0.05) is 31.1 Å². The van der Waals surface area contributed by atoms with Gasteiger partial charge in [-0.25, -0.2) is 4.39 Å². The van der Waals surface area contributed by atoms with Crippen LogP contribution < -0.4 is 9.47 Å². The lowest BCUT2D eigenvalue weighted by molar-refractivity contribution is -0.133. The molecule has 0 spiro atoms. The summed E-state index contributed by atoms with van der Waals surface area (Å²) in [6.07, 6.45) is 2.34. The van der Waals surface area contributed by atoms with Crippen LogP contribution in [-0.2, 0) is 4.79 Å². The lowest BCUT2D eigenvalue weighted by Crippen LogP contribution is -2.46. The third-order valence-electron chi connectivity index (χ3n) is 5.82. The summed E-state index contributed by atoms with van der Waals surface area (Å²) in [6.45, 7) is 1.67. The van der Waals surface area contributed by atoms with Crippen molar-refractivity contribution in [1.29, 1.82) is 5.26 Å². The standard InChI is InChI=1S/C22H25FN4O3/c1-29-20-4-2-3-18-19(5-8-25-22(18)20)30-17-6-9-26(10-7-17)14-21(28)27-13-15(23)11-16(27)12-24/h2-5,8,15-17H,6-7,9-11,13-14H2,1H3/t15-,16?/m0/s1. The molecule has 0 saturated carbocycles. The summed E-state index contributed by atoms with van der Waals surface area (Å²) in [5.74, 6) is 1.31. The first kappa shape index (κ1) is 20.4. The number of likely N-dealkylation sites (tertiary alicyclic amines) is 2. The number of nitriles is 1. The van der Waals surface area contributed by atoms with Crippen molar-refractivity contribution in [3.8, 4) is 17.6 Å². The van der Waals surface area contributed by atoms with Crippen molar-refractivity contribution in [3.05, 3.63) is 30.5 Å². The van der Waals surface area contributed by atoms with Gasteiger partial charge in [-0.2, -0.15) is 5.26 Å². The Morgan fingerprint density at radius 3 is 2.83 bits per heavy atom. The SMILES string of the molecule is COc1cccc2c(OC3CCN(CC(=O)N4C[C@@H](F)CC4C#N)CC3)ccnc12. The van der Waals surface area contributed by atoms with E-state index in [1.54, 1.807) is 13.3 Å². The first-order valence-corrected chi connectivity index (χ1v) is 10.2. The second-order valence-corrected chi connectivity index (χ2v) is 7.78. The van der Waals surface area contributed by atoms with Gasteiger partial charge in [0.05, 0.1) is 26.3 Å². The molecule has 0 N–H and O–H groups in total. The fourth-order valence-corrected chi connectivity index (χ4v) is 4.22. The molecule has 2 saturated heterocycles. The number of piperidine rings is 1. The van der Waals surface area contributed by atoms with Crippen LogP contribution in [-0.4, -0.2) is 72.3 Å². The van der Waals surface area contributed by atoms with Gasteiger partial charge in [0.25, 0.3) is 0 Å². The van der Waals surface area contributed by atoms with Gasteiger partial charge in [-0.05, 0) is 31.0 Å². The third kappa shape index (κ3) is 4.17. The van der Waals surface area contributed by atoms with Crippen LogP contribution in [0.3, 0.4) is 0 Å². The van der Waals surface area contributed by atoms with Gasteiger partial charge in [0.15, 0.2) is 0 Å². The van der Waals surface area contributed by atoms with E-state index in [1.807, 2.05) is 30.3 Å². The number of amides is 1. The van der Waals surface area contributed by atoms with Crippen LogP contribution >= 0.6 is 0 Å². The van der Waals surface area contributed by atoms with E-state index in [-0.39, 0.29) is 31.5 Å². The number of aromatic nitrogens is 1. The Bertz CT molecular complexity index is 955. The number of rotatable bonds is 5. The van der Waals surface area contributed by atoms with E-state index in [4.69, 9.17) is 14.7 Å². The minimum atomic E-state index is -1.11. The summed E-state index contributed by atoms with van der Waals surface area (Å²) in [7, 11) is 1.62. The van der Waals surface area contributed by atoms with E-state index in [1.165, 1.54) is 4.90 Å². The van der Waals surface area contributed by atoms with Gasteiger partial charge >= 0.3 is 0 Å². The maximum atomic E-state index is 13.6. The topological polar surface area (TPSA) is 78.7 Å². The summed E-state index contributed by atoms with van der Waals surface area (Å²) in [5.41, 5.74) is 0.768. The molecule has 1 unspecified atom stereocenters. The summed E-state index contributed by atoms with van der Waals surface area (Å²) in [5, 5.41) is 10.0. The number of carbonyl (C=O) groups is 1. The summed E-state index contributed by atoms with van der Waals surface area (Å²) in [6, 6.07) is 9.00. The molecule has 2 aliphatic heterocycles. The molecule has 1 aromatic carbocycles. The van der Waals surface area contributed by atoms with Gasteiger partial charge in [0.2, 0.25) is 5.91 Å². The molecule has 0 aliphatic carbocycles. The Morgan fingerprint density at radius 2 is 2.10 bits per heavy atom. The van der Waals surface area contributed by atoms with Crippen LogP contribution in [0.4, 0.5) is 4.39 Å². The summed E-state index contributed by atoms with van der Waals surface area (Å²) >= 11 is 0. The first-order valence-electron chi connectivity index (χ1n) is 10.2. The number of halogens is 1. The first-order chi connectivity index (χ1) is 14.6. The number of hydrogen-bond acceptors (Lipinski definition) is 6. The normalized spacial score (nSPS) is 22.8. The van der Waals surface area contributed by atoms with Crippen molar-refractivity contribution in [2.75, 3.05) is 33.3 Å². The number of pyridine rings is 1. The number of nitrogens with zero attached hydrogens (tertiary/aromatic N) is 4. The number of methoxy groups -OCH3 is 1. The van der Waals surface area contributed by atoms with E-state index in [2.05, 4.69) is 9.88 Å². The monoisotopic (exact) mass is 412 g/mol. The zero-order valence-electron chi connectivity index (χ0n) is 17.0. The van der Waals surface area contributed by atoms with Gasteiger partial charge in [-0.15, -0.1) is 0 Å². The number of para-hydroxylation sites is 1. The Labute approximate surface area is 175 Å². The number of alkyl halides is 1. The second-order valence-electron chi connectivity index (χ2n) is 7.78. The lowest BCUT2D eigenvalue weighted by atomic mass is 10.1. The molecular weight excluding hydrogens is 387 g/mol. The Kier molecular flexibility index (Phi) is 6.00. The molecule has 158 valence electrons. The Balaban J connectivity index is 1.34. The highest BCUT2D eigenvalue weighted by Gasteiger charge is 2.36. The zero-order chi connectivity index (χ0) is 21.1. The molecule has 2 atom stereocenters. The molecule has 3 heterocycles. The summed E-state index contributed by atoms with van der Waals surface area (Å²) < 4.78 is 25.2. The van der Waals surface area contributed by atoms with Crippen molar-refractivity contribution in [2.24, 2.45) is 0 Å². The molecule has 2 fully saturated rings. The molecule has 30 heavy (non-hydrogen) atoms. The zero-order valence-corrected chi connectivity index (χ0v) is 17.0. The van der Waals surface area contributed by atoms with E-state index >= 15 is 0 Å². The van der Waals surface area contributed by atoms with E-state index in [0.29, 0.717) is 18.8 Å². The number of hydrogen-bond donors (Lipinski definition) is 0. The highest BCUT2D eigenvalue weighted by molar-refractivity contribution is 5.89. The van der Waals surface area contributed by atoms with Crippen LogP contribution in [0.2, 0.25) is 0 Å². The molecule has 4 rings (SSSR count). The average molecular weight is 412 g/mol. The number of fused-ring (bicyclic) bond motifs is 1. The molecule has 2 aromatic rings. The average Bonchev–Trinajstić information content (AvgIpc) is 3.16. The van der Waals surface area contributed by atoms with Crippen molar-refractivity contribution in [1.82, 2.24) is 14.8 Å². The van der Waals surface area contributed by atoms with Gasteiger partial charge in [-0.1, -0.05) is 6.07 Å². The molecular formula is C22H25FN4O3. The Hall–Kier alpha value is -2.92. The van der Waals surface area contributed by atoms with Gasteiger partial charge in [0.1, 0.15) is 35.3 Å². The largest absolute Gasteiger partial charge is 0.494 e. The molecule has 2 aliphatic rings. The van der Waals surface area contributed by atoms with Crippen molar-refractivity contribution >= 4 is 16.8 Å². The number of ether oxygens (including phenoxy) is 2. The predicted octanol–water partition coefficient (Wildman–Crippen LogP) is 2.55. The van der Waals surface area contributed by atoms with E-state index in [0.717, 1.165) is 29.5 Å². The van der Waals surface area contributed by atoms with Crippen LogP contribution in [0.25, 0.3) is 10.9 Å². The Morgan fingerprint density at radius 1 is 1.30 bits per heavy atom. The van der Waals surface area contributed by atoms with Gasteiger partial charge < -0.3 is 14.4 Å². The fraction of sp³-hybridized carbons (Fsp3) is 0.500. The number of carbonyl (C=O) groups excluding carboxylic acids is 1. The van der Waals surface area contributed by atoms with Crippen LogP contribution in [0.15, 0.2) is 30.5 Å². The van der Waals surface area contributed by atoms with E-state index in [9.17, 15) is 9.18 Å². The minimum Gasteiger partial charge on any atom is -0.494 e. The minimum absolute atomic E-state index is 0.0230. The molecule has 0 radical (unpaired) electrons. The quantitative estimate of drug-likeness (QED) is 0.751. The van der Waals surface area contributed by atoms with Crippen LogP contribution in [0.1, 0.15) is 19.3 Å². The van der Waals surface area contributed by atoms with Crippen LogP contribution in [0.5, 0.6) is 11.5 Å². The second kappa shape index (κ2) is 8.84. The predicted molar refractivity (Wildman–Crippen MR) is 109 cm³/mol. The highest BCUT2D eigenvalue weighted by atomic mass is 19.1. The lowest BCUT2D eigenvalue weighted by Gasteiger charge is -2.33. The van der Waals surface area contributed by atoms with Crippen molar-refractivity contribution in [2.45, 2.75) is 37.6 Å². The molecule has 7 nitrogen and oxygen atoms in total. The van der Waals surface area contributed by atoms with Crippen LogP contribution in [0, 0.1) is 11.3 Å². The maximum Gasteiger partial charge on any atom is 0.237 e. The van der Waals surface area contributed by atoms with Crippen molar-refractivity contribution in [3.63, 3.8) is 0 Å². The molecule has 1 aromatic heterocycles. The van der Waals surface area contributed by atoms with E-state index < -0.39 is 12.2 Å².